The average Bonchev–Trinajstić information content (AvgIpc) is 2.42. The summed E-state index contributed by atoms with van der Waals surface area (Å²) in [5.74, 6) is 0.827. The van der Waals surface area contributed by atoms with Gasteiger partial charge in [0.25, 0.3) is 0 Å². The van der Waals surface area contributed by atoms with Crippen molar-refractivity contribution in [1.29, 1.82) is 0 Å². The van der Waals surface area contributed by atoms with Gasteiger partial charge in [-0.2, -0.15) is 0 Å². The third-order valence-electron chi connectivity index (χ3n) is 6.09. The van der Waals surface area contributed by atoms with Gasteiger partial charge in [0.15, 0.2) is 8.32 Å². The van der Waals surface area contributed by atoms with Crippen molar-refractivity contribution in [3.63, 3.8) is 0 Å². The highest BCUT2D eigenvalue weighted by molar-refractivity contribution is 6.74. The molecule has 2 aliphatic rings. The van der Waals surface area contributed by atoms with Crippen molar-refractivity contribution >= 4 is 14.1 Å². The molecule has 4 nitrogen and oxygen atoms in total. The molecule has 0 aromatic carbocycles. The fourth-order valence-corrected chi connectivity index (χ4v) is 4.31. The number of carbonyl (C=O) groups excluding carboxylic acids is 1. The number of hydrogen-bond donors (Lipinski definition) is 0. The molecule has 0 saturated carbocycles. The first kappa shape index (κ1) is 19.1. The fraction of sp³-hybridized carbons (Fsp3) is 0.944. The molecular weight excluding hydrogens is 308 g/mol. The summed E-state index contributed by atoms with van der Waals surface area (Å²) in [5.41, 5.74) is -0.221. The van der Waals surface area contributed by atoms with Crippen LogP contribution in [0.1, 0.15) is 46.5 Å². The SMILES string of the molecule is CC(C)(C)[Si](C)(C)OCCCC(=O)C1(C2CCOCC2)COC1. The Balaban J connectivity index is 1.80. The largest absolute Gasteiger partial charge is 0.417 e. The van der Waals surface area contributed by atoms with Crippen molar-refractivity contribution < 1.29 is 18.7 Å². The zero-order valence-corrected chi connectivity index (χ0v) is 16.6. The average molecular weight is 343 g/mol. The molecule has 2 heterocycles. The van der Waals surface area contributed by atoms with E-state index >= 15 is 0 Å². The second-order valence-electron chi connectivity index (χ2n) is 8.67. The van der Waals surface area contributed by atoms with Gasteiger partial charge in [-0.1, -0.05) is 20.8 Å². The minimum atomic E-state index is -1.70. The Labute approximate surface area is 142 Å². The molecule has 2 rings (SSSR count). The zero-order chi connectivity index (χ0) is 17.1. The molecule has 134 valence electrons. The zero-order valence-electron chi connectivity index (χ0n) is 15.6. The minimum absolute atomic E-state index is 0.221. The highest BCUT2D eigenvalue weighted by Gasteiger charge is 2.51. The van der Waals surface area contributed by atoms with Crippen LogP contribution in [0, 0.1) is 11.3 Å². The van der Waals surface area contributed by atoms with Crippen molar-refractivity contribution in [3.05, 3.63) is 0 Å². The molecule has 0 radical (unpaired) electrons. The van der Waals surface area contributed by atoms with Gasteiger partial charge in [-0.3, -0.25) is 4.79 Å². The van der Waals surface area contributed by atoms with Crippen LogP contribution in [0.3, 0.4) is 0 Å². The predicted octanol–water partition coefficient (Wildman–Crippen LogP) is 3.80. The van der Waals surface area contributed by atoms with E-state index in [1.807, 2.05) is 0 Å². The lowest BCUT2D eigenvalue weighted by atomic mass is 9.66. The summed E-state index contributed by atoms with van der Waals surface area (Å²) in [6.07, 6.45) is 3.44. The van der Waals surface area contributed by atoms with Gasteiger partial charge in [0.2, 0.25) is 0 Å². The van der Waals surface area contributed by atoms with Crippen LogP contribution >= 0.6 is 0 Å². The summed E-state index contributed by atoms with van der Waals surface area (Å²) in [4.78, 5) is 12.8. The van der Waals surface area contributed by atoms with Crippen LogP contribution in [0.25, 0.3) is 0 Å². The van der Waals surface area contributed by atoms with Crippen LogP contribution in [0.5, 0.6) is 0 Å². The van der Waals surface area contributed by atoms with Crippen LogP contribution in [0.15, 0.2) is 0 Å². The summed E-state index contributed by atoms with van der Waals surface area (Å²) in [6, 6.07) is 0. The molecule has 0 N–H and O–H groups in total. The quantitative estimate of drug-likeness (QED) is 0.521. The number of ketones is 1. The Morgan fingerprint density at radius 1 is 1.17 bits per heavy atom. The maximum atomic E-state index is 12.8. The first-order chi connectivity index (χ1) is 10.7. The first-order valence-electron chi connectivity index (χ1n) is 9.02. The third kappa shape index (κ3) is 4.24. The van der Waals surface area contributed by atoms with Gasteiger partial charge in [-0.05, 0) is 43.3 Å². The van der Waals surface area contributed by atoms with E-state index in [2.05, 4.69) is 33.9 Å². The molecule has 0 aliphatic carbocycles. The van der Waals surface area contributed by atoms with Crippen molar-refractivity contribution in [2.75, 3.05) is 33.0 Å². The maximum absolute atomic E-state index is 12.8. The summed E-state index contributed by atoms with van der Waals surface area (Å²) in [5, 5.41) is 0.224. The molecule has 0 aromatic rings. The number of rotatable bonds is 7. The fourth-order valence-electron chi connectivity index (χ4n) is 3.22. The van der Waals surface area contributed by atoms with E-state index in [1.165, 1.54) is 0 Å². The van der Waals surface area contributed by atoms with Gasteiger partial charge >= 0.3 is 0 Å². The predicted molar refractivity (Wildman–Crippen MR) is 94.2 cm³/mol. The summed E-state index contributed by atoms with van der Waals surface area (Å²) in [7, 11) is -1.70. The maximum Gasteiger partial charge on any atom is 0.191 e. The van der Waals surface area contributed by atoms with Gasteiger partial charge in [-0.15, -0.1) is 0 Å². The van der Waals surface area contributed by atoms with E-state index in [0.717, 1.165) is 32.5 Å². The van der Waals surface area contributed by atoms with Crippen LogP contribution in [0.2, 0.25) is 18.1 Å². The Morgan fingerprint density at radius 2 is 1.78 bits per heavy atom. The van der Waals surface area contributed by atoms with Crippen LogP contribution in [0.4, 0.5) is 0 Å². The van der Waals surface area contributed by atoms with Gasteiger partial charge in [-0.25, -0.2) is 0 Å². The van der Waals surface area contributed by atoms with Crippen molar-refractivity contribution in [1.82, 2.24) is 0 Å². The first-order valence-corrected chi connectivity index (χ1v) is 11.9. The topological polar surface area (TPSA) is 44.8 Å². The standard InChI is InChI=1S/C18H34O4Si/c1-17(2,3)23(4,5)22-10-6-7-16(19)18(13-21-14-18)15-8-11-20-12-9-15/h15H,6-14H2,1-5H3. The van der Waals surface area contributed by atoms with E-state index in [0.29, 0.717) is 37.9 Å². The van der Waals surface area contributed by atoms with Gasteiger partial charge < -0.3 is 13.9 Å². The second kappa shape index (κ2) is 7.34. The van der Waals surface area contributed by atoms with Crippen molar-refractivity contribution in [2.45, 2.75) is 64.6 Å². The normalized spacial score (nSPS) is 22.7. The Kier molecular flexibility index (Phi) is 6.09. The van der Waals surface area contributed by atoms with Crippen LogP contribution in [-0.4, -0.2) is 47.1 Å². The number of hydrogen-bond acceptors (Lipinski definition) is 4. The summed E-state index contributed by atoms with van der Waals surface area (Å²) >= 11 is 0. The highest BCUT2D eigenvalue weighted by atomic mass is 28.4. The monoisotopic (exact) mass is 342 g/mol. The third-order valence-corrected chi connectivity index (χ3v) is 10.6. The molecule has 0 aromatic heterocycles. The van der Waals surface area contributed by atoms with Gasteiger partial charge in [0.1, 0.15) is 5.78 Å². The number of carbonyl (C=O) groups is 1. The Hall–Kier alpha value is -0.233. The second-order valence-corrected chi connectivity index (χ2v) is 13.5. The molecule has 0 bridgehead atoms. The lowest BCUT2D eigenvalue weighted by Gasteiger charge is -2.47. The highest BCUT2D eigenvalue weighted by Crippen LogP contribution is 2.43. The van der Waals surface area contributed by atoms with Crippen LogP contribution < -0.4 is 0 Å². The summed E-state index contributed by atoms with van der Waals surface area (Å²) < 4.78 is 17.1. The lowest BCUT2D eigenvalue weighted by molar-refractivity contribution is -0.180. The summed E-state index contributed by atoms with van der Waals surface area (Å²) in [6.45, 7) is 14.8. The lowest BCUT2D eigenvalue weighted by Crippen LogP contribution is -2.55. The van der Waals surface area contributed by atoms with E-state index in [9.17, 15) is 4.79 Å². The van der Waals surface area contributed by atoms with Gasteiger partial charge in [0, 0.05) is 26.2 Å². The number of ether oxygens (including phenoxy) is 2. The van der Waals surface area contributed by atoms with Crippen molar-refractivity contribution in [3.8, 4) is 0 Å². The van der Waals surface area contributed by atoms with E-state index in [1.54, 1.807) is 0 Å². The number of Topliss-reactive ketones (excluding diaryl/α,β-unsaturated/α-hetero) is 1. The van der Waals surface area contributed by atoms with Gasteiger partial charge in [0.05, 0.1) is 18.6 Å². The van der Waals surface area contributed by atoms with E-state index in [-0.39, 0.29) is 10.5 Å². The molecule has 0 spiro atoms. The molecule has 2 saturated heterocycles. The van der Waals surface area contributed by atoms with Crippen LogP contribution in [-0.2, 0) is 18.7 Å². The smallest absolute Gasteiger partial charge is 0.191 e. The molecule has 0 atom stereocenters. The molecule has 5 heteroatoms. The van der Waals surface area contributed by atoms with E-state index < -0.39 is 8.32 Å². The van der Waals surface area contributed by atoms with Crippen molar-refractivity contribution in [2.24, 2.45) is 11.3 Å². The minimum Gasteiger partial charge on any atom is -0.417 e. The molecule has 23 heavy (non-hydrogen) atoms. The molecule has 2 aliphatic heterocycles. The van der Waals surface area contributed by atoms with E-state index in [4.69, 9.17) is 13.9 Å². The Bertz CT molecular complexity index is 404. The molecule has 0 amide bonds. The molecular formula is C18H34O4Si. The molecule has 2 fully saturated rings. The Morgan fingerprint density at radius 3 is 2.26 bits per heavy atom. The molecule has 0 unspecified atom stereocenters.